The van der Waals surface area contributed by atoms with Gasteiger partial charge in [-0.25, -0.2) is 9.18 Å². The van der Waals surface area contributed by atoms with Gasteiger partial charge in [0.2, 0.25) is 0 Å². The van der Waals surface area contributed by atoms with Crippen LogP contribution in [-0.4, -0.2) is 65.2 Å². The lowest BCUT2D eigenvalue weighted by Gasteiger charge is -2.43. The molecule has 1 saturated carbocycles. The Hall–Kier alpha value is -2.15. The van der Waals surface area contributed by atoms with Crippen LogP contribution in [0.1, 0.15) is 38.2 Å². The van der Waals surface area contributed by atoms with Crippen LogP contribution in [0, 0.1) is 11.7 Å². The third-order valence-corrected chi connectivity index (χ3v) is 6.02. The molecule has 0 bridgehead atoms. The maximum Gasteiger partial charge on any atom is 0.317 e. The average Bonchev–Trinajstić information content (AvgIpc) is 2.63. The highest BCUT2D eigenvalue weighted by Gasteiger charge is 2.35. The Morgan fingerprint density at radius 3 is 2.61 bits per heavy atom. The molecule has 2 aliphatic rings. The van der Waals surface area contributed by atoms with E-state index in [1.165, 1.54) is 6.07 Å². The van der Waals surface area contributed by atoms with E-state index in [-0.39, 0.29) is 30.5 Å². The number of nitrogens with one attached hydrogen (secondary N) is 1. The predicted molar refractivity (Wildman–Crippen MR) is 105 cm³/mol. The fourth-order valence-corrected chi connectivity index (χ4v) is 4.28. The molecular weight excluding hydrogens is 361 g/mol. The largest absolute Gasteiger partial charge is 0.480 e. The topological polar surface area (TPSA) is 72.9 Å². The standard InChI is InChI=1S/C21H30FN3O3/c1-2-24(14-20(26)27)19-12-18(13-19)23-21(28)25-8-6-15(7-9-25)10-16-4-3-5-17(22)11-16/h3-5,11,15,18-19H,2,6-10,12-14H2,1H3,(H,23,28)(H,26,27). The van der Waals surface area contributed by atoms with Crippen LogP contribution in [0.3, 0.4) is 0 Å². The first-order chi connectivity index (χ1) is 13.4. The molecule has 1 aromatic carbocycles. The van der Waals surface area contributed by atoms with Gasteiger partial charge in [0.1, 0.15) is 5.82 Å². The molecule has 7 heteroatoms. The smallest absolute Gasteiger partial charge is 0.317 e. The van der Waals surface area contributed by atoms with E-state index < -0.39 is 5.97 Å². The molecule has 0 unspecified atom stereocenters. The van der Waals surface area contributed by atoms with Crippen LogP contribution < -0.4 is 5.32 Å². The normalized spacial score (nSPS) is 22.8. The maximum atomic E-state index is 13.3. The minimum absolute atomic E-state index is 0.0195. The Bertz CT molecular complexity index is 685. The quantitative estimate of drug-likeness (QED) is 0.750. The lowest BCUT2D eigenvalue weighted by Crippen LogP contribution is -2.57. The molecule has 0 radical (unpaired) electrons. The van der Waals surface area contributed by atoms with E-state index in [1.807, 2.05) is 22.8 Å². The first-order valence-electron chi connectivity index (χ1n) is 10.2. The number of carboxylic acids is 1. The van der Waals surface area contributed by atoms with Gasteiger partial charge in [0, 0.05) is 25.2 Å². The van der Waals surface area contributed by atoms with Gasteiger partial charge in [-0.3, -0.25) is 9.69 Å². The number of likely N-dealkylation sites (tertiary alicyclic amines) is 1. The van der Waals surface area contributed by atoms with Gasteiger partial charge in [0.25, 0.3) is 0 Å². The van der Waals surface area contributed by atoms with Crippen molar-refractivity contribution in [2.75, 3.05) is 26.2 Å². The summed E-state index contributed by atoms with van der Waals surface area (Å²) in [5, 5.41) is 12.0. The van der Waals surface area contributed by atoms with Gasteiger partial charge < -0.3 is 15.3 Å². The van der Waals surface area contributed by atoms with Crippen LogP contribution in [0.4, 0.5) is 9.18 Å². The van der Waals surface area contributed by atoms with Crippen molar-refractivity contribution in [2.24, 2.45) is 5.92 Å². The van der Waals surface area contributed by atoms with Crippen molar-refractivity contribution >= 4 is 12.0 Å². The van der Waals surface area contributed by atoms with E-state index in [2.05, 4.69) is 5.32 Å². The molecule has 1 heterocycles. The van der Waals surface area contributed by atoms with Crippen molar-refractivity contribution < 1.29 is 19.1 Å². The van der Waals surface area contributed by atoms with E-state index in [9.17, 15) is 14.0 Å². The number of urea groups is 1. The van der Waals surface area contributed by atoms with E-state index in [0.717, 1.165) is 50.8 Å². The Balaban J connectivity index is 1.37. The Morgan fingerprint density at radius 1 is 1.29 bits per heavy atom. The van der Waals surface area contributed by atoms with Crippen molar-refractivity contribution in [3.63, 3.8) is 0 Å². The molecule has 2 N–H and O–H groups in total. The summed E-state index contributed by atoms with van der Waals surface area (Å²) in [5.41, 5.74) is 1.02. The van der Waals surface area contributed by atoms with E-state index in [4.69, 9.17) is 5.11 Å². The van der Waals surface area contributed by atoms with Gasteiger partial charge in [-0.2, -0.15) is 0 Å². The highest BCUT2D eigenvalue weighted by molar-refractivity contribution is 5.74. The molecular formula is C21H30FN3O3. The number of nitrogens with zero attached hydrogens (tertiary/aromatic N) is 2. The van der Waals surface area contributed by atoms with Crippen molar-refractivity contribution in [3.05, 3.63) is 35.6 Å². The molecule has 0 aromatic heterocycles. The van der Waals surface area contributed by atoms with Gasteiger partial charge in [0.15, 0.2) is 0 Å². The fourth-order valence-electron chi connectivity index (χ4n) is 4.28. The lowest BCUT2D eigenvalue weighted by atomic mass is 9.85. The number of hydrogen-bond acceptors (Lipinski definition) is 3. The molecule has 1 saturated heterocycles. The summed E-state index contributed by atoms with van der Waals surface area (Å²) in [6.45, 7) is 4.17. The first kappa shape index (κ1) is 20.6. The molecule has 28 heavy (non-hydrogen) atoms. The van der Waals surface area contributed by atoms with Crippen LogP contribution in [0.5, 0.6) is 0 Å². The first-order valence-corrected chi connectivity index (χ1v) is 10.2. The number of carbonyl (C=O) groups excluding carboxylic acids is 1. The van der Waals surface area contributed by atoms with Crippen LogP contribution in [-0.2, 0) is 11.2 Å². The zero-order chi connectivity index (χ0) is 20.1. The van der Waals surface area contributed by atoms with Crippen LogP contribution in [0.25, 0.3) is 0 Å². The number of halogens is 1. The summed E-state index contributed by atoms with van der Waals surface area (Å²) < 4.78 is 13.3. The second kappa shape index (κ2) is 9.37. The van der Waals surface area contributed by atoms with Crippen LogP contribution in [0.2, 0.25) is 0 Å². The van der Waals surface area contributed by atoms with Gasteiger partial charge >= 0.3 is 12.0 Å². The third kappa shape index (κ3) is 5.44. The number of hydrogen-bond donors (Lipinski definition) is 2. The van der Waals surface area contributed by atoms with Crippen LogP contribution in [0.15, 0.2) is 24.3 Å². The molecule has 1 aliphatic heterocycles. The molecule has 154 valence electrons. The Kier molecular flexibility index (Phi) is 6.88. The number of amides is 2. The number of carbonyl (C=O) groups is 2. The highest BCUT2D eigenvalue weighted by Crippen LogP contribution is 2.27. The number of piperidine rings is 1. The predicted octanol–water partition coefficient (Wildman–Crippen LogP) is 2.73. The summed E-state index contributed by atoms with van der Waals surface area (Å²) in [6, 6.07) is 7.11. The minimum Gasteiger partial charge on any atom is -0.480 e. The minimum atomic E-state index is -0.810. The summed E-state index contributed by atoms with van der Waals surface area (Å²) in [6.07, 6.45) is 4.33. The summed E-state index contributed by atoms with van der Waals surface area (Å²) in [4.78, 5) is 27.2. The highest BCUT2D eigenvalue weighted by atomic mass is 19.1. The summed E-state index contributed by atoms with van der Waals surface area (Å²) in [7, 11) is 0. The molecule has 0 atom stereocenters. The van der Waals surface area contributed by atoms with Gasteiger partial charge in [-0.1, -0.05) is 19.1 Å². The number of rotatable bonds is 7. The molecule has 2 fully saturated rings. The number of aliphatic carboxylic acids is 1. The van der Waals surface area contributed by atoms with Gasteiger partial charge in [-0.15, -0.1) is 0 Å². The SMILES string of the molecule is CCN(CC(=O)O)C1CC(NC(=O)N2CCC(Cc3cccc(F)c3)CC2)C1. The van der Waals surface area contributed by atoms with Crippen molar-refractivity contribution in [1.82, 2.24) is 15.1 Å². The lowest BCUT2D eigenvalue weighted by molar-refractivity contribution is -0.139. The van der Waals surface area contributed by atoms with Crippen molar-refractivity contribution in [3.8, 4) is 0 Å². The molecule has 1 aromatic rings. The fraction of sp³-hybridized carbons (Fsp3) is 0.619. The zero-order valence-corrected chi connectivity index (χ0v) is 16.4. The van der Waals surface area contributed by atoms with E-state index >= 15 is 0 Å². The summed E-state index contributed by atoms with van der Waals surface area (Å²) >= 11 is 0. The summed E-state index contributed by atoms with van der Waals surface area (Å²) in [5.74, 6) is -0.526. The zero-order valence-electron chi connectivity index (χ0n) is 16.4. The Labute approximate surface area is 165 Å². The molecule has 3 rings (SSSR count). The average molecular weight is 391 g/mol. The third-order valence-electron chi connectivity index (χ3n) is 6.02. The second-order valence-electron chi connectivity index (χ2n) is 7.99. The van der Waals surface area contributed by atoms with Crippen molar-refractivity contribution in [2.45, 2.75) is 51.1 Å². The molecule has 2 amide bonds. The van der Waals surface area contributed by atoms with Crippen molar-refractivity contribution in [1.29, 1.82) is 0 Å². The number of benzene rings is 1. The van der Waals surface area contributed by atoms with Gasteiger partial charge in [0.05, 0.1) is 6.54 Å². The monoisotopic (exact) mass is 391 g/mol. The molecule has 0 spiro atoms. The maximum absolute atomic E-state index is 13.3. The molecule has 1 aliphatic carbocycles. The van der Waals surface area contributed by atoms with Gasteiger partial charge in [-0.05, 0) is 62.3 Å². The molecule has 6 nitrogen and oxygen atoms in total. The number of likely N-dealkylation sites (N-methyl/N-ethyl adjacent to an activating group) is 1. The van der Waals surface area contributed by atoms with E-state index in [1.54, 1.807) is 12.1 Å². The second-order valence-corrected chi connectivity index (χ2v) is 7.99. The van der Waals surface area contributed by atoms with E-state index in [0.29, 0.717) is 12.5 Å². The Morgan fingerprint density at radius 2 is 2.00 bits per heavy atom. The number of carboxylic acid groups (broad SMARTS) is 1. The van der Waals surface area contributed by atoms with Crippen LogP contribution >= 0.6 is 0 Å².